The zero-order valence-electron chi connectivity index (χ0n) is 13.7. The molecule has 0 spiro atoms. The molecule has 0 N–H and O–H groups in total. The van der Waals surface area contributed by atoms with Crippen LogP contribution in [0.5, 0.6) is 0 Å². The molecule has 4 rings (SSSR count). The summed E-state index contributed by atoms with van der Waals surface area (Å²) in [7, 11) is 1.88. The Bertz CT molecular complexity index is 867. The maximum atomic E-state index is 13.0. The van der Waals surface area contributed by atoms with Crippen molar-refractivity contribution in [2.45, 2.75) is 12.5 Å². The molecule has 5 nitrogen and oxygen atoms in total. The Kier molecular flexibility index (Phi) is 3.66. The summed E-state index contributed by atoms with van der Waals surface area (Å²) in [6.07, 6.45) is 3.76. The van der Waals surface area contributed by atoms with Crippen LogP contribution in [0.25, 0.3) is 10.1 Å². The standard InChI is InChI=1S/C18H19N3O2S/c1-18(14-10-19-20(2)11-14)12-21(7-8-23-18)17(22)16-9-13-5-3-4-6-15(13)24-16/h3-6,9-11H,7-8,12H2,1-2H3/t18-/m0/s1. The zero-order valence-corrected chi connectivity index (χ0v) is 14.5. The number of aromatic nitrogens is 2. The fourth-order valence-electron chi connectivity index (χ4n) is 3.16. The van der Waals surface area contributed by atoms with Gasteiger partial charge in [-0.1, -0.05) is 18.2 Å². The maximum absolute atomic E-state index is 13.0. The minimum Gasteiger partial charge on any atom is -0.367 e. The van der Waals surface area contributed by atoms with E-state index in [2.05, 4.69) is 11.2 Å². The summed E-state index contributed by atoms with van der Waals surface area (Å²) >= 11 is 1.55. The number of thiophene rings is 1. The van der Waals surface area contributed by atoms with Crippen LogP contribution in [0.1, 0.15) is 22.2 Å². The van der Waals surface area contributed by atoms with Gasteiger partial charge >= 0.3 is 0 Å². The molecule has 24 heavy (non-hydrogen) atoms. The lowest BCUT2D eigenvalue weighted by atomic mass is 9.97. The quantitative estimate of drug-likeness (QED) is 0.720. The third kappa shape index (κ3) is 2.61. The number of morpholine rings is 1. The average molecular weight is 341 g/mol. The van der Waals surface area contributed by atoms with E-state index in [1.165, 1.54) is 0 Å². The smallest absolute Gasteiger partial charge is 0.264 e. The fraction of sp³-hybridized carbons (Fsp3) is 0.333. The Morgan fingerprint density at radius 2 is 2.21 bits per heavy atom. The van der Waals surface area contributed by atoms with Crippen LogP contribution in [0.4, 0.5) is 0 Å². The number of aryl methyl sites for hydroxylation is 1. The molecule has 1 aliphatic rings. The van der Waals surface area contributed by atoms with Crippen LogP contribution in [0.15, 0.2) is 42.7 Å². The van der Waals surface area contributed by atoms with E-state index >= 15 is 0 Å². The Hall–Kier alpha value is -2.18. The van der Waals surface area contributed by atoms with Gasteiger partial charge in [-0.15, -0.1) is 11.3 Å². The second-order valence-corrected chi connectivity index (χ2v) is 7.44. The number of fused-ring (bicyclic) bond motifs is 1. The van der Waals surface area contributed by atoms with Crippen LogP contribution in [0.3, 0.4) is 0 Å². The van der Waals surface area contributed by atoms with E-state index in [4.69, 9.17) is 4.74 Å². The normalized spacial score (nSPS) is 21.3. The van der Waals surface area contributed by atoms with E-state index in [9.17, 15) is 4.79 Å². The van der Waals surface area contributed by atoms with Crippen LogP contribution in [0.2, 0.25) is 0 Å². The van der Waals surface area contributed by atoms with Gasteiger partial charge in [0, 0.05) is 30.1 Å². The molecule has 0 unspecified atom stereocenters. The van der Waals surface area contributed by atoms with E-state index in [1.807, 2.05) is 55.5 Å². The van der Waals surface area contributed by atoms with Gasteiger partial charge < -0.3 is 9.64 Å². The molecule has 1 aliphatic heterocycles. The largest absolute Gasteiger partial charge is 0.367 e. The second-order valence-electron chi connectivity index (χ2n) is 6.36. The number of hydrogen-bond acceptors (Lipinski definition) is 4. The summed E-state index contributed by atoms with van der Waals surface area (Å²) in [6.45, 7) is 3.70. The molecule has 1 amide bonds. The zero-order chi connectivity index (χ0) is 16.7. The minimum atomic E-state index is -0.515. The molecule has 3 heterocycles. The van der Waals surface area contributed by atoms with Crippen molar-refractivity contribution in [3.8, 4) is 0 Å². The molecule has 0 bridgehead atoms. The van der Waals surface area contributed by atoms with Gasteiger partial charge in [0.05, 0.1) is 24.2 Å². The summed E-state index contributed by atoms with van der Waals surface area (Å²) in [6, 6.07) is 10.1. The number of rotatable bonds is 2. The SMILES string of the molecule is Cn1cc([C@]2(C)CN(C(=O)c3cc4ccccc4s3)CCO2)cn1. The van der Waals surface area contributed by atoms with Crippen LogP contribution in [0, 0.1) is 0 Å². The number of nitrogens with zero attached hydrogens (tertiary/aromatic N) is 3. The molecule has 1 fully saturated rings. The first-order chi connectivity index (χ1) is 11.5. The maximum Gasteiger partial charge on any atom is 0.264 e. The molecule has 0 saturated carbocycles. The molecule has 1 aromatic carbocycles. The molecule has 6 heteroatoms. The third-order valence-electron chi connectivity index (χ3n) is 4.51. The Balaban J connectivity index is 1.60. The summed E-state index contributed by atoms with van der Waals surface area (Å²) in [5, 5.41) is 5.35. The number of ether oxygens (including phenoxy) is 1. The van der Waals surface area contributed by atoms with Crippen LogP contribution >= 0.6 is 11.3 Å². The van der Waals surface area contributed by atoms with Gasteiger partial charge in [-0.25, -0.2) is 0 Å². The lowest BCUT2D eigenvalue weighted by Gasteiger charge is -2.39. The van der Waals surface area contributed by atoms with Gasteiger partial charge in [-0.3, -0.25) is 9.48 Å². The molecule has 124 valence electrons. The van der Waals surface area contributed by atoms with Gasteiger partial charge in [-0.2, -0.15) is 5.10 Å². The first-order valence-corrected chi connectivity index (χ1v) is 8.78. The molecule has 3 aromatic rings. The molecular weight excluding hydrogens is 322 g/mol. The molecule has 1 saturated heterocycles. The van der Waals surface area contributed by atoms with Crippen molar-refractivity contribution in [3.05, 3.63) is 53.2 Å². The van der Waals surface area contributed by atoms with Gasteiger partial charge in [0.1, 0.15) is 5.60 Å². The van der Waals surface area contributed by atoms with Crippen LogP contribution in [-0.2, 0) is 17.4 Å². The van der Waals surface area contributed by atoms with Crippen molar-refractivity contribution in [3.63, 3.8) is 0 Å². The third-order valence-corrected chi connectivity index (χ3v) is 5.62. The minimum absolute atomic E-state index is 0.0783. The lowest BCUT2D eigenvalue weighted by molar-refractivity contribution is -0.0930. The summed E-state index contributed by atoms with van der Waals surface area (Å²) in [5.74, 6) is 0.0783. The Morgan fingerprint density at radius 3 is 2.96 bits per heavy atom. The van der Waals surface area contributed by atoms with Crippen LogP contribution in [-0.4, -0.2) is 40.3 Å². The second kappa shape index (κ2) is 5.72. The highest BCUT2D eigenvalue weighted by molar-refractivity contribution is 7.20. The number of carbonyl (C=O) groups excluding carboxylic acids is 1. The van der Waals surface area contributed by atoms with Crippen LogP contribution < -0.4 is 0 Å². The van der Waals surface area contributed by atoms with Gasteiger partial charge in [0.15, 0.2) is 0 Å². The van der Waals surface area contributed by atoms with E-state index in [-0.39, 0.29) is 5.91 Å². The van der Waals surface area contributed by atoms with E-state index in [0.29, 0.717) is 19.7 Å². The van der Waals surface area contributed by atoms with Gasteiger partial charge in [-0.05, 0) is 24.4 Å². The van der Waals surface area contributed by atoms with Crippen molar-refractivity contribution in [2.24, 2.45) is 7.05 Å². The summed E-state index contributed by atoms with van der Waals surface area (Å²) in [4.78, 5) is 15.6. The highest BCUT2D eigenvalue weighted by atomic mass is 32.1. The fourth-order valence-corrected chi connectivity index (χ4v) is 4.19. The molecule has 1 atom stereocenters. The van der Waals surface area contributed by atoms with Crippen molar-refractivity contribution in [1.29, 1.82) is 0 Å². The highest BCUT2D eigenvalue weighted by Crippen LogP contribution is 2.31. The lowest BCUT2D eigenvalue weighted by Crippen LogP contribution is -2.50. The van der Waals surface area contributed by atoms with Gasteiger partial charge in [0.2, 0.25) is 0 Å². The Labute approximate surface area is 144 Å². The van der Waals surface area contributed by atoms with Crippen molar-refractivity contribution in [2.75, 3.05) is 19.7 Å². The first-order valence-electron chi connectivity index (χ1n) is 7.96. The average Bonchev–Trinajstić information content (AvgIpc) is 3.20. The predicted molar refractivity (Wildman–Crippen MR) is 94.2 cm³/mol. The molecule has 0 aliphatic carbocycles. The van der Waals surface area contributed by atoms with E-state index in [1.54, 1.807) is 16.0 Å². The number of hydrogen-bond donors (Lipinski definition) is 0. The van der Waals surface area contributed by atoms with E-state index in [0.717, 1.165) is 20.5 Å². The number of carbonyl (C=O) groups is 1. The molecule has 2 aromatic heterocycles. The monoisotopic (exact) mass is 341 g/mol. The topological polar surface area (TPSA) is 47.4 Å². The van der Waals surface area contributed by atoms with E-state index < -0.39 is 5.60 Å². The summed E-state index contributed by atoms with van der Waals surface area (Å²) < 4.78 is 8.90. The highest BCUT2D eigenvalue weighted by Gasteiger charge is 2.37. The number of benzene rings is 1. The first kappa shape index (κ1) is 15.4. The number of amides is 1. The van der Waals surface area contributed by atoms with Crippen molar-refractivity contribution >= 4 is 27.3 Å². The molecular formula is C18H19N3O2S. The Morgan fingerprint density at radius 1 is 1.38 bits per heavy atom. The summed E-state index contributed by atoms with van der Waals surface area (Å²) in [5.41, 5.74) is 0.484. The van der Waals surface area contributed by atoms with Gasteiger partial charge in [0.25, 0.3) is 5.91 Å². The predicted octanol–water partition coefficient (Wildman–Crippen LogP) is 3.02. The van der Waals surface area contributed by atoms with Crippen molar-refractivity contribution in [1.82, 2.24) is 14.7 Å². The van der Waals surface area contributed by atoms with Crippen molar-refractivity contribution < 1.29 is 9.53 Å². The molecule has 0 radical (unpaired) electrons.